The highest BCUT2D eigenvalue weighted by Crippen LogP contribution is 2.68. The van der Waals surface area contributed by atoms with Gasteiger partial charge in [-0.3, -0.25) is 0 Å². The van der Waals surface area contributed by atoms with Gasteiger partial charge in [0.2, 0.25) is 0 Å². The minimum absolute atomic E-state index is 0. The molecule has 0 bridgehead atoms. The smallest absolute Gasteiger partial charge is 0.0134 e. The van der Waals surface area contributed by atoms with Crippen LogP contribution in [0.3, 0.4) is 0 Å². The average molecular weight is 674 g/mol. The molecule has 3 aromatic rings. The summed E-state index contributed by atoms with van der Waals surface area (Å²) < 4.78 is 0. The molecule has 238 valence electrons. The third-order valence-corrected chi connectivity index (χ3v) is 15.6. The Labute approximate surface area is 281 Å². The number of halogens is 1. The predicted molar refractivity (Wildman–Crippen MR) is 199 cm³/mol. The molecule has 7 rings (SSSR count). The van der Waals surface area contributed by atoms with Gasteiger partial charge in [0.25, 0.3) is 0 Å². The number of rotatable bonds is 6. The first kappa shape index (κ1) is 33.9. The van der Waals surface area contributed by atoms with Gasteiger partial charge in [0.05, 0.1) is 0 Å². The summed E-state index contributed by atoms with van der Waals surface area (Å²) in [6.07, 6.45) is 18.4. The summed E-state index contributed by atoms with van der Waals surface area (Å²) in [6, 6.07) is 32.3. The molecular weight excluding hydrogens is 615 g/mol. The van der Waals surface area contributed by atoms with Crippen LogP contribution in [0.2, 0.25) is 0 Å². The molecule has 4 fully saturated rings. The molecular formula is C42H58BrP. The molecule has 44 heavy (non-hydrogen) atoms. The van der Waals surface area contributed by atoms with E-state index in [2.05, 4.69) is 119 Å². The van der Waals surface area contributed by atoms with E-state index in [9.17, 15) is 0 Å². The van der Waals surface area contributed by atoms with Crippen molar-refractivity contribution in [2.45, 2.75) is 105 Å². The second kappa shape index (κ2) is 15.0. The monoisotopic (exact) mass is 672 g/mol. The van der Waals surface area contributed by atoms with E-state index in [1.165, 1.54) is 41.6 Å². The van der Waals surface area contributed by atoms with E-state index in [0.29, 0.717) is 5.41 Å². The van der Waals surface area contributed by atoms with E-state index in [0.717, 1.165) is 40.9 Å². The predicted octanol–water partition coefficient (Wildman–Crippen LogP) is 11.5. The van der Waals surface area contributed by atoms with Crippen molar-refractivity contribution in [3.8, 4) is 0 Å². The summed E-state index contributed by atoms with van der Waals surface area (Å²) in [6.45, 7) is 10.4. The Morgan fingerprint density at radius 3 is 1.73 bits per heavy atom. The Hall–Kier alpha value is -1.43. The molecule has 0 nitrogen and oxygen atoms in total. The summed E-state index contributed by atoms with van der Waals surface area (Å²) in [4.78, 5) is 0. The number of benzene rings is 3. The van der Waals surface area contributed by atoms with Crippen LogP contribution < -0.4 is 15.9 Å². The normalized spacial score (nSPS) is 33.1. The van der Waals surface area contributed by atoms with Gasteiger partial charge in [0.1, 0.15) is 0 Å². The van der Waals surface area contributed by atoms with Gasteiger partial charge >= 0.3 is 0 Å². The molecule has 0 radical (unpaired) electrons. The number of hydrogen-bond acceptors (Lipinski definition) is 0. The molecule has 0 heterocycles. The molecule has 4 saturated carbocycles. The van der Waals surface area contributed by atoms with Crippen LogP contribution in [0.1, 0.15) is 105 Å². The number of fused-ring (bicyclic) bond motifs is 5. The fourth-order valence-corrected chi connectivity index (χ4v) is 13.4. The van der Waals surface area contributed by atoms with Gasteiger partial charge in [-0.15, -0.1) is 17.0 Å². The molecule has 3 unspecified atom stereocenters. The minimum atomic E-state index is -0.446. The molecule has 0 aromatic heterocycles. The molecule has 2 heteroatoms. The summed E-state index contributed by atoms with van der Waals surface area (Å²) in [5, 5.41) is 4.19. The maximum Gasteiger partial charge on any atom is -0.0134 e. The Balaban J connectivity index is 0.000000175. The first-order chi connectivity index (χ1) is 21.0. The molecule has 4 aliphatic carbocycles. The van der Waals surface area contributed by atoms with E-state index in [-0.39, 0.29) is 17.0 Å². The van der Waals surface area contributed by atoms with Gasteiger partial charge in [-0.2, -0.15) is 0 Å². The zero-order valence-electron chi connectivity index (χ0n) is 28.0. The molecule has 8 atom stereocenters. The SMILES string of the molecule is Br.CCC[C@@H](C)[C@H]1CCC2C3CC[C@@H]4CCCC[C@]4(C)C3CC[C@@]21C.c1ccc(P(c2ccccc2)c2ccccc2)cc1. The van der Waals surface area contributed by atoms with Crippen molar-refractivity contribution in [1.29, 1.82) is 0 Å². The van der Waals surface area contributed by atoms with Crippen LogP contribution in [-0.4, -0.2) is 0 Å². The van der Waals surface area contributed by atoms with E-state index in [1.807, 2.05) is 0 Å². The maximum absolute atomic E-state index is 2.73. The highest BCUT2D eigenvalue weighted by atomic mass is 79.9. The quantitative estimate of drug-likeness (QED) is 0.229. The summed E-state index contributed by atoms with van der Waals surface area (Å²) in [5.74, 6) is 6.30. The van der Waals surface area contributed by atoms with Gasteiger partial charge in [0, 0.05) is 0 Å². The summed E-state index contributed by atoms with van der Waals surface area (Å²) >= 11 is 0. The Kier molecular flexibility index (Phi) is 11.6. The third-order valence-electron chi connectivity index (χ3n) is 13.1. The van der Waals surface area contributed by atoms with Crippen molar-refractivity contribution in [3.05, 3.63) is 91.0 Å². The zero-order chi connectivity index (χ0) is 29.9. The standard InChI is InChI=1S/C24H42.C18H15P.BrH/c1-5-8-17(2)20-12-13-21-19-11-10-18-9-6-7-15-23(18,3)22(19)14-16-24(20,21)4;1-4-10-16(11-5-1)19(17-12-6-2-7-13-17)18-14-8-3-9-15-18;/h17-22H,5-16H2,1-4H3;1-15H;1H/t17-,18+,19?,20-,21?,22?,23+,24-;;/m1../s1. The third kappa shape index (κ3) is 6.67. The van der Waals surface area contributed by atoms with Crippen molar-refractivity contribution in [2.24, 2.45) is 46.3 Å². The van der Waals surface area contributed by atoms with Crippen LogP contribution in [-0.2, 0) is 0 Å². The Morgan fingerprint density at radius 1 is 0.636 bits per heavy atom. The van der Waals surface area contributed by atoms with Crippen molar-refractivity contribution < 1.29 is 0 Å². The van der Waals surface area contributed by atoms with Crippen molar-refractivity contribution in [2.75, 3.05) is 0 Å². The lowest BCUT2D eigenvalue weighted by Crippen LogP contribution is -2.53. The molecule has 4 aliphatic rings. The van der Waals surface area contributed by atoms with E-state index >= 15 is 0 Å². The first-order valence-corrected chi connectivity index (χ1v) is 19.2. The molecule has 0 amide bonds. The van der Waals surface area contributed by atoms with E-state index in [1.54, 1.807) is 51.4 Å². The van der Waals surface area contributed by atoms with Crippen LogP contribution in [0.15, 0.2) is 91.0 Å². The lowest BCUT2D eigenvalue weighted by Gasteiger charge is -2.61. The number of hydrogen-bond donors (Lipinski definition) is 0. The molecule has 3 aromatic carbocycles. The van der Waals surface area contributed by atoms with Crippen LogP contribution in [0, 0.1) is 46.3 Å². The fraction of sp³-hybridized carbons (Fsp3) is 0.571. The van der Waals surface area contributed by atoms with Crippen LogP contribution in [0.25, 0.3) is 0 Å². The topological polar surface area (TPSA) is 0 Å². The first-order valence-electron chi connectivity index (χ1n) is 17.9. The zero-order valence-corrected chi connectivity index (χ0v) is 30.6. The van der Waals surface area contributed by atoms with Crippen LogP contribution >= 0.6 is 24.9 Å². The van der Waals surface area contributed by atoms with E-state index in [4.69, 9.17) is 0 Å². The second-order valence-electron chi connectivity index (χ2n) is 15.2. The highest BCUT2D eigenvalue weighted by molar-refractivity contribution is 8.93. The Bertz CT molecular complexity index is 1180. The van der Waals surface area contributed by atoms with Crippen molar-refractivity contribution in [1.82, 2.24) is 0 Å². The van der Waals surface area contributed by atoms with Crippen molar-refractivity contribution >= 4 is 40.8 Å². The lowest BCUT2D eigenvalue weighted by atomic mass is 9.44. The van der Waals surface area contributed by atoms with Gasteiger partial charge < -0.3 is 0 Å². The summed E-state index contributed by atoms with van der Waals surface area (Å²) in [5.41, 5.74) is 1.41. The van der Waals surface area contributed by atoms with Gasteiger partial charge in [-0.25, -0.2) is 0 Å². The maximum atomic E-state index is 2.73. The van der Waals surface area contributed by atoms with Crippen LogP contribution in [0.5, 0.6) is 0 Å². The lowest BCUT2D eigenvalue weighted by molar-refractivity contribution is -0.114. The van der Waals surface area contributed by atoms with Gasteiger partial charge in [-0.1, -0.05) is 144 Å². The van der Waals surface area contributed by atoms with Gasteiger partial charge in [-0.05, 0) is 122 Å². The molecule has 0 N–H and O–H groups in total. The van der Waals surface area contributed by atoms with Crippen LogP contribution in [0.4, 0.5) is 0 Å². The molecule has 0 saturated heterocycles. The van der Waals surface area contributed by atoms with Gasteiger partial charge in [0.15, 0.2) is 0 Å². The average Bonchev–Trinajstić information content (AvgIpc) is 3.40. The molecule has 0 aliphatic heterocycles. The Morgan fingerprint density at radius 2 is 1.18 bits per heavy atom. The van der Waals surface area contributed by atoms with Crippen molar-refractivity contribution in [3.63, 3.8) is 0 Å². The second-order valence-corrected chi connectivity index (χ2v) is 17.5. The molecule has 0 spiro atoms. The minimum Gasteiger partial charge on any atom is -0.114 e. The van der Waals surface area contributed by atoms with E-state index < -0.39 is 7.92 Å². The highest BCUT2D eigenvalue weighted by Gasteiger charge is 2.60. The largest absolute Gasteiger partial charge is 0.114 e. The fourth-order valence-electron chi connectivity index (χ4n) is 11.1. The summed E-state index contributed by atoms with van der Waals surface area (Å²) in [7, 11) is -0.446.